The lowest BCUT2D eigenvalue weighted by Gasteiger charge is -2.46. The van der Waals surface area contributed by atoms with Crippen LogP contribution in [0.4, 0.5) is 8.78 Å². The monoisotopic (exact) mass is 862 g/mol. The fourth-order valence-electron chi connectivity index (χ4n) is 6.26. The number of sulfonamides is 2. The molecule has 0 unspecified atom stereocenters. The van der Waals surface area contributed by atoms with Gasteiger partial charge in [0.05, 0.1) is 16.2 Å². The minimum absolute atomic E-state index is 0.0736. The summed E-state index contributed by atoms with van der Waals surface area (Å²) in [5.74, 6) is -2.36. The third-order valence-electron chi connectivity index (χ3n) is 9.57. The molecular formula is C38H40F2N4O13S2. The van der Waals surface area contributed by atoms with Crippen LogP contribution >= 0.6 is 0 Å². The Bertz CT molecular complexity index is 2310. The van der Waals surface area contributed by atoms with E-state index in [1.807, 2.05) is 0 Å². The predicted molar refractivity (Wildman–Crippen MR) is 202 cm³/mol. The van der Waals surface area contributed by atoms with E-state index in [1.165, 1.54) is 108 Å². The molecule has 0 atom stereocenters. The third-order valence-corrected chi connectivity index (χ3v) is 13.1. The molecule has 0 aromatic heterocycles. The lowest BCUT2D eigenvalue weighted by molar-refractivity contribution is -0.146. The lowest BCUT2D eigenvalue weighted by atomic mass is 9.76. The summed E-state index contributed by atoms with van der Waals surface area (Å²) >= 11 is 0. The summed E-state index contributed by atoms with van der Waals surface area (Å²) in [6.45, 7) is -0.0697. The average Bonchev–Trinajstić information content (AvgIpc) is 3.20. The number of nitrogens with zero attached hydrogens (tertiary/aromatic N) is 1. The molecule has 1 aliphatic carbocycles. The van der Waals surface area contributed by atoms with Crippen molar-refractivity contribution in [3.8, 4) is 23.0 Å². The van der Waals surface area contributed by atoms with Gasteiger partial charge in [-0.1, -0.05) is 0 Å². The van der Waals surface area contributed by atoms with Crippen LogP contribution in [0.3, 0.4) is 0 Å². The van der Waals surface area contributed by atoms with Gasteiger partial charge in [0, 0.05) is 19.8 Å². The maximum Gasteiger partial charge on any atom is 0.304 e. The van der Waals surface area contributed by atoms with Gasteiger partial charge in [-0.25, -0.2) is 36.6 Å². The molecule has 2 fully saturated rings. The quantitative estimate of drug-likeness (QED) is 0.0715. The van der Waals surface area contributed by atoms with Crippen molar-refractivity contribution in [1.82, 2.24) is 20.0 Å². The van der Waals surface area contributed by atoms with E-state index < -0.39 is 73.5 Å². The van der Waals surface area contributed by atoms with Gasteiger partial charge in [0.25, 0.3) is 11.8 Å². The van der Waals surface area contributed by atoms with E-state index in [0.717, 1.165) is 4.31 Å². The van der Waals surface area contributed by atoms with Crippen molar-refractivity contribution in [1.29, 1.82) is 0 Å². The summed E-state index contributed by atoms with van der Waals surface area (Å²) in [4.78, 5) is 35.2. The zero-order valence-electron chi connectivity index (χ0n) is 31.0. The maximum absolute atomic E-state index is 13.3. The van der Waals surface area contributed by atoms with Crippen LogP contribution in [0.25, 0.3) is 0 Å². The van der Waals surface area contributed by atoms with Crippen molar-refractivity contribution >= 4 is 37.8 Å². The summed E-state index contributed by atoms with van der Waals surface area (Å²) < 4.78 is 97.5. The van der Waals surface area contributed by atoms with E-state index in [1.54, 1.807) is 0 Å². The topological polar surface area (TPSA) is 247 Å². The van der Waals surface area contributed by atoms with Crippen LogP contribution in [0, 0.1) is 11.6 Å². The molecule has 6 N–H and O–H groups in total. The molecule has 316 valence electrons. The molecule has 59 heavy (non-hydrogen) atoms. The van der Waals surface area contributed by atoms with Crippen LogP contribution in [-0.2, 0) is 39.2 Å². The van der Waals surface area contributed by atoms with E-state index in [0.29, 0.717) is 29.4 Å². The number of ether oxygens (including phenoxy) is 3. The van der Waals surface area contributed by atoms with E-state index >= 15 is 0 Å². The molecule has 0 spiro atoms. The SMILES string of the molecule is O=C(NO)C1(NS(=O)(=O)c2ccc(Oc3ccc(F)cc3)cc2)CCOCC1.O=C(O)CCN(C1(C(=O)NO)CCC1)S(=O)(=O)c1ccc(Oc2ccc(F)cc2)cc1. The second kappa shape index (κ2) is 19.0. The summed E-state index contributed by atoms with van der Waals surface area (Å²) in [6, 6.07) is 21.5. The smallest absolute Gasteiger partial charge is 0.304 e. The number of carboxylic acid groups (broad SMARTS) is 1. The number of halogens is 2. The maximum atomic E-state index is 13.3. The Kier molecular flexibility index (Phi) is 14.4. The number of hydrogen-bond acceptors (Lipinski definition) is 12. The first-order valence-corrected chi connectivity index (χ1v) is 20.8. The largest absolute Gasteiger partial charge is 0.481 e. The van der Waals surface area contributed by atoms with E-state index in [4.69, 9.17) is 29.7 Å². The summed E-state index contributed by atoms with van der Waals surface area (Å²) in [7, 11) is -8.32. The fourth-order valence-corrected chi connectivity index (χ4v) is 9.47. The highest BCUT2D eigenvalue weighted by Gasteiger charge is 2.54. The molecule has 21 heteroatoms. The number of hydrogen-bond donors (Lipinski definition) is 6. The van der Waals surface area contributed by atoms with Gasteiger partial charge in [-0.3, -0.25) is 24.8 Å². The number of benzene rings is 4. The number of nitrogens with one attached hydrogen (secondary N) is 3. The molecule has 1 saturated carbocycles. The second-order valence-corrected chi connectivity index (χ2v) is 16.9. The number of carbonyl (C=O) groups is 3. The standard InChI is InChI=1S/C20H21FN2O7S.C18H19FN2O6S/c21-14-2-4-15(5-3-14)30-16-6-8-17(9-7-16)31(28,29)23(13-10-18(24)25)20(11-1-12-20)19(26)22-27;19-13-1-3-14(4-2-13)27-15-5-7-16(8-6-15)28(24,25)21-18(17(22)20-23)9-11-26-12-10-18/h2-9,27H,1,10-13H2,(H,22,26)(H,24,25);1-8,21,23H,9-12H2,(H,20,22). The van der Waals surface area contributed by atoms with Crippen LogP contribution in [0.2, 0.25) is 0 Å². The Labute approximate surface area is 337 Å². The fraction of sp³-hybridized carbons (Fsp3) is 0.289. The Morgan fingerprint density at radius 2 is 1.08 bits per heavy atom. The van der Waals surface area contributed by atoms with E-state index in [9.17, 15) is 40.0 Å². The second-order valence-electron chi connectivity index (χ2n) is 13.3. The number of rotatable bonds is 15. The molecule has 0 bridgehead atoms. The highest BCUT2D eigenvalue weighted by molar-refractivity contribution is 7.89. The van der Waals surface area contributed by atoms with Gasteiger partial charge in [0.15, 0.2) is 0 Å². The van der Waals surface area contributed by atoms with Crippen LogP contribution in [0.5, 0.6) is 23.0 Å². The molecule has 1 saturated heterocycles. The number of hydroxylamine groups is 2. The van der Waals surface area contributed by atoms with E-state index in [-0.39, 0.29) is 48.7 Å². The average molecular weight is 863 g/mol. The molecule has 6 rings (SSSR count). The Morgan fingerprint density at radius 3 is 1.47 bits per heavy atom. The van der Waals surface area contributed by atoms with Gasteiger partial charge in [0.1, 0.15) is 45.7 Å². The Morgan fingerprint density at radius 1 is 0.661 bits per heavy atom. The van der Waals surface area contributed by atoms with E-state index in [2.05, 4.69) is 4.72 Å². The number of carbonyl (C=O) groups excluding carboxylic acids is 2. The molecule has 4 aromatic rings. The molecule has 2 aliphatic rings. The zero-order chi connectivity index (χ0) is 42.8. The van der Waals surface area contributed by atoms with Crippen molar-refractivity contribution in [3.05, 3.63) is 109 Å². The first kappa shape index (κ1) is 44.6. The molecular weight excluding hydrogens is 823 g/mol. The Hall–Kier alpha value is -5.55. The predicted octanol–water partition coefficient (Wildman–Crippen LogP) is 4.46. The summed E-state index contributed by atoms with van der Waals surface area (Å²) in [5.41, 5.74) is -0.0178. The minimum atomic E-state index is -4.27. The lowest BCUT2D eigenvalue weighted by Crippen LogP contribution is -2.64. The van der Waals surface area contributed by atoms with Gasteiger partial charge >= 0.3 is 5.97 Å². The normalized spacial score (nSPS) is 15.7. The van der Waals surface area contributed by atoms with Crippen LogP contribution in [0.1, 0.15) is 38.5 Å². The van der Waals surface area contributed by atoms with Gasteiger partial charge in [-0.15, -0.1) is 0 Å². The van der Waals surface area contributed by atoms with Crippen molar-refractivity contribution in [2.45, 2.75) is 59.4 Å². The molecule has 17 nitrogen and oxygen atoms in total. The molecule has 0 radical (unpaired) electrons. The highest BCUT2D eigenvalue weighted by atomic mass is 32.2. The first-order chi connectivity index (χ1) is 28.0. The van der Waals surface area contributed by atoms with Gasteiger partial charge in [-0.2, -0.15) is 9.03 Å². The van der Waals surface area contributed by atoms with Crippen LogP contribution in [0.15, 0.2) is 107 Å². The summed E-state index contributed by atoms with van der Waals surface area (Å²) in [6.07, 6.45) is 0.533. The van der Waals surface area contributed by atoms with Gasteiger partial charge < -0.3 is 19.3 Å². The summed E-state index contributed by atoms with van der Waals surface area (Å²) in [5, 5.41) is 27.1. The van der Waals surface area contributed by atoms with Crippen molar-refractivity contribution < 1.29 is 69.7 Å². The molecule has 2 amide bonds. The third kappa shape index (κ3) is 10.7. The van der Waals surface area contributed by atoms with Crippen molar-refractivity contribution in [3.63, 3.8) is 0 Å². The molecule has 1 aliphatic heterocycles. The first-order valence-electron chi connectivity index (χ1n) is 17.9. The van der Waals surface area contributed by atoms with Crippen LogP contribution < -0.4 is 25.2 Å². The molecule has 1 heterocycles. The zero-order valence-corrected chi connectivity index (χ0v) is 32.7. The number of aliphatic carboxylic acids is 1. The Balaban J connectivity index is 0.000000225. The van der Waals surface area contributed by atoms with Gasteiger partial charge in [0.2, 0.25) is 20.0 Å². The van der Waals surface area contributed by atoms with Gasteiger partial charge in [-0.05, 0) is 129 Å². The number of amides is 2. The number of carboxylic acids is 1. The minimum Gasteiger partial charge on any atom is -0.481 e. The highest BCUT2D eigenvalue weighted by Crippen LogP contribution is 2.41. The molecule has 4 aromatic carbocycles. The van der Waals surface area contributed by atoms with Crippen molar-refractivity contribution in [2.24, 2.45) is 0 Å². The van der Waals surface area contributed by atoms with Crippen LogP contribution in [-0.4, -0.2) is 85.3 Å². The van der Waals surface area contributed by atoms with Crippen molar-refractivity contribution in [2.75, 3.05) is 19.8 Å².